The molecular weight excluding hydrogens is 444 g/mol. The molecule has 1 heterocycles. The molecule has 1 saturated heterocycles. The normalized spacial score (nSPS) is 16.4. The Morgan fingerprint density at radius 2 is 1.38 bits per heavy atom. The van der Waals surface area contributed by atoms with Crippen LogP contribution in [0.25, 0.3) is 10.4 Å². The Kier molecular flexibility index (Phi) is 5.81. The van der Waals surface area contributed by atoms with Crippen LogP contribution in [0.5, 0.6) is 0 Å². The molecule has 1 fully saturated rings. The number of carbonyl (C=O) groups excluding carboxylic acids is 1. The van der Waals surface area contributed by atoms with Crippen molar-refractivity contribution in [1.29, 1.82) is 0 Å². The topological polar surface area (TPSA) is 69.1 Å². The minimum absolute atomic E-state index is 0.000547. The van der Waals surface area contributed by atoms with Gasteiger partial charge in [0.25, 0.3) is 0 Å². The van der Waals surface area contributed by atoms with Gasteiger partial charge in [-0.05, 0) is 39.9 Å². The Hall–Kier alpha value is -4.05. The Morgan fingerprint density at radius 3 is 1.97 bits per heavy atom. The van der Waals surface area contributed by atoms with Crippen molar-refractivity contribution in [2.75, 3.05) is 0 Å². The summed E-state index contributed by atoms with van der Waals surface area (Å²) in [5.41, 5.74) is 12.3. The van der Waals surface area contributed by atoms with E-state index in [1.165, 1.54) is 0 Å². The second kappa shape index (κ2) is 9.06. The number of carbonyl (C=O) groups is 1. The molecule has 4 aromatic carbocycles. The number of rotatable bonds is 6. The second-order valence-corrected chi connectivity index (χ2v) is 8.68. The number of nitrogens with zero attached hydrogens (tertiary/aromatic N) is 4. The first kappa shape index (κ1) is 21.8. The second-order valence-electron chi connectivity index (χ2n) is 8.25. The molecule has 0 spiro atoms. The molecule has 34 heavy (non-hydrogen) atoms. The molecule has 0 aromatic heterocycles. The van der Waals surface area contributed by atoms with Gasteiger partial charge in [-0.3, -0.25) is 4.79 Å². The highest BCUT2D eigenvalue weighted by Gasteiger charge is 2.62. The van der Waals surface area contributed by atoms with Gasteiger partial charge in [0, 0.05) is 22.2 Å². The van der Waals surface area contributed by atoms with Crippen molar-refractivity contribution in [2.45, 2.75) is 18.0 Å². The Labute approximate surface area is 202 Å². The van der Waals surface area contributed by atoms with Crippen LogP contribution in [0.2, 0.25) is 5.02 Å². The third-order valence-corrected chi connectivity index (χ3v) is 6.70. The summed E-state index contributed by atoms with van der Waals surface area (Å²) in [7, 11) is 0. The third kappa shape index (κ3) is 3.52. The van der Waals surface area contributed by atoms with Crippen LogP contribution in [-0.4, -0.2) is 10.8 Å². The molecule has 0 N–H and O–H groups in total. The Morgan fingerprint density at radius 1 is 0.824 bits per heavy atom. The minimum Gasteiger partial charge on any atom is -0.328 e. The van der Waals surface area contributed by atoms with Crippen LogP contribution >= 0.6 is 11.6 Å². The maximum Gasteiger partial charge on any atom is 0.241 e. The largest absolute Gasteiger partial charge is 0.328 e. The number of β-lactam (4-membered cyclic amide) rings is 1. The molecule has 6 heteroatoms. The Balaban J connectivity index is 1.70. The van der Waals surface area contributed by atoms with Crippen LogP contribution in [0.4, 0.5) is 5.69 Å². The SMILES string of the molecule is [N-]=[N+]=Nc1ccccc1CN1C(=O)C(c2ccccc2)(c2ccccc2)[C@@H]1c1ccc(Cl)cc1. The van der Waals surface area contributed by atoms with Gasteiger partial charge in [0.2, 0.25) is 5.91 Å². The van der Waals surface area contributed by atoms with E-state index in [-0.39, 0.29) is 11.9 Å². The van der Waals surface area contributed by atoms with E-state index in [1.54, 1.807) is 6.07 Å². The predicted octanol–water partition coefficient (Wildman–Crippen LogP) is 7.35. The number of hydrogen-bond acceptors (Lipinski definition) is 2. The Bertz CT molecular complexity index is 1330. The first-order chi connectivity index (χ1) is 16.7. The summed E-state index contributed by atoms with van der Waals surface area (Å²) in [5.74, 6) is 0.000547. The zero-order chi connectivity index (χ0) is 23.5. The van der Waals surface area contributed by atoms with Gasteiger partial charge in [0.05, 0.1) is 6.04 Å². The average Bonchev–Trinajstić information content (AvgIpc) is 2.88. The molecule has 166 valence electrons. The lowest BCUT2D eigenvalue weighted by molar-refractivity contribution is -0.159. The smallest absolute Gasteiger partial charge is 0.241 e. The van der Waals surface area contributed by atoms with Crippen LogP contribution in [0.3, 0.4) is 0 Å². The zero-order valence-corrected chi connectivity index (χ0v) is 19.0. The van der Waals surface area contributed by atoms with Gasteiger partial charge in [-0.15, -0.1) is 0 Å². The predicted molar refractivity (Wildman–Crippen MR) is 134 cm³/mol. The van der Waals surface area contributed by atoms with E-state index >= 15 is 0 Å². The zero-order valence-electron chi connectivity index (χ0n) is 18.3. The van der Waals surface area contributed by atoms with E-state index in [4.69, 9.17) is 17.1 Å². The van der Waals surface area contributed by atoms with Crippen molar-refractivity contribution >= 4 is 23.2 Å². The summed E-state index contributed by atoms with van der Waals surface area (Å²) in [6.07, 6.45) is 0. The van der Waals surface area contributed by atoms with Gasteiger partial charge < -0.3 is 4.90 Å². The molecule has 5 rings (SSSR count). The highest BCUT2D eigenvalue weighted by Crippen LogP contribution is 2.56. The average molecular weight is 465 g/mol. The van der Waals surface area contributed by atoms with Gasteiger partial charge in [0.15, 0.2) is 0 Å². The summed E-state index contributed by atoms with van der Waals surface area (Å²) in [5, 5.41) is 4.47. The van der Waals surface area contributed by atoms with Crippen molar-refractivity contribution in [1.82, 2.24) is 4.90 Å². The minimum atomic E-state index is -0.885. The van der Waals surface area contributed by atoms with Gasteiger partial charge in [0.1, 0.15) is 5.41 Å². The highest BCUT2D eigenvalue weighted by atomic mass is 35.5. The number of likely N-dealkylation sites (tertiary alicyclic amines) is 1. The van der Waals surface area contributed by atoms with Crippen LogP contribution in [-0.2, 0) is 16.8 Å². The summed E-state index contributed by atoms with van der Waals surface area (Å²) < 4.78 is 0. The van der Waals surface area contributed by atoms with Gasteiger partial charge >= 0.3 is 0 Å². The molecule has 5 nitrogen and oxygen atoms in total. The molecule has 1 atom stereocenters. The van der Waals surface area contributed by atoms with Crippen LogP contribution in [0.1, 0.15) is 28.3 Å². The lowest BCUT2D eigenvalue weighted by Gasteiger charge is -2.57. The molecule has 0 saturated carbocycles. The first-order valence-corrected chi connectivity index (χ1v) is 11.3. The van der Waals surface area contributed by atoms with Gasteiger partial charge in [-0.25, -0.2) is 0 Å². The highest BCUT2D eigenvalue weighted by molar-refractivity contribution is 6.30. The van der Waals surface area contributed by atoms with Crippen molar-refractivity contribution in [3.63, 3.8) is 0 Å². The third-order valence-electron chi connectivity index (χ3n) is 6.45. The maximum atomic E-state index is 14.2. The van der Waals surface area contributed by atoms with E-state index < -0.39 is 5.41 Å². The number of amides is 1. The van der Waals surface area contributed by atoms with Crippen molar-refractivity contribution < 1.29 is 4.79 Å². The van der Waals surface area contributed by atoms with Crippen molar-refractivity contribution in [3.8, 4) is 0 Å². The standard InChI is InChI=1S/C28H21ClN4O/c29-24-17-15-20(16-18-24)26-28(22-10-3-1-4-11-22,23-12-5-2-6-13-23)27(34)33(26)19-21-9-7-8-14-25(21)31-32-30/h1-18,26H,19H2/t26-/m0/s1. The van der Waals surface area contributed by atoms with Crippen LogP contribution < -0.4 is 0 Å². The van der Waals surface area contributed by atoms with E-state index in [0.717, 1.165) is 22.3 Å². The maximum absolute atomic E-state index is 14.2. The van der Waals surface area contributed by atoms with Gasteiger partial charge in [-0.2, -0.15) is 0 Å². The number of halogens is 1. The fraction of sp³-hybridized carbons (Fsp3) is 0.107. The molecule has 0 bridgehead atoms. The fourth-order valence-electron chi connectivity index (χ4n) is 4.97. The molecular formula is C28H21ClN4O. The van der Waals surface area contributed by atoms with Crippen LogP contribution in [0.15, 0.2) is 114 Å². The lowest BCUT2D eigenvalue weighted by Crippen LogP contribution is -2.66. The van der Waals surface area contributed by atoms with Crippen molar-refractivity contribution in [2.24, 2.45) is 5.11 Å². The summed E-state index contributed by atoms with van der Waals surface area (Å²) in [6.45, 7) is 0.322. The number of azide groups is 1. The summed E-state index contributed by atoms with van der Waals surface area (Å²) in [6, 6.07) is 34.6. The van der Waals surface area contributed by atoms with E-state index in [1.807, 2.05) is 108 Å². The van der Waals surface area contributed by atoms with E-state index in [9.17, 15) is 4.79 Å². The monoisotopic (exact) mass is 464 g/mol. The molecule has 4 aromatic rings. The number of hydrogen-bond donors (Lipinski definition) is 0. The molecule has 1 aliphatic heterocycles. The first-order valence-electron chi connectivity index (χ1n) is 11.0. The summed E-state index contributed by atoms with van der Waals surface area (Å²) >= 11 is 6.21. The van der Waals surface area contributed by atoms with Crippen molar-refractivity contribution in [3.05, 3.63) is 147 Å². The van der Waals surface area contributed by atoms with Gasteiger partial charge in [-0.1, -0.05) is 114 Å². The lowest BCUT2D eigenvalue weighted by atomic mass is 9.59. The molecule has 0 unspecified atom stereocenters. The van der Waals surface area contributed by atoms with Crippen LogP contribution in [0, 0.1) is 0 Å². The fourth-order valence-corrected chi connectivity index (χ4v) is 5.10. The molecule has 0 aliphatic carbocycles. The number of benzene rings is 4. The quantitative estimate of drug-likeness (QED) is 0.127. The molecule has 1 aliphatic rings. The van der Waals surface area contributed by atoms with E-state index in [0.29, 0.717) is 17.3 Å². The molecule has 1 amide bonds. The van der Waals surface area contributed by atoms with E-state index in [2.05, 4.69) is 10.0 Å². The molecule has 0 radical (unpaired) electrons. The summed E-state index contributed by atoms with van der Waals surface area (Å²) in [4.78, 5) is 19.0.